The van der Waals surface area contributed by atoms with Gasteiger partial charge in [0.05, 0.1) is 14.2 Å². The Morgan fingerprint density at radius 3 is 2.60 bits per heavy atom. The maximum absolute atomic E-state index is 5.52. The largest absolute Gasteiger partial charge is 0.493 e. The summed E-state index contributed by atoms with van der Waals surface area (Å²) in [5.41, 5.74) is 3.88. The summed E-state index contributed by atoms with van der Waals surface area (Å²) in [6.45, 7) is 1.33. The lowest BCUT2D eigenvalue weighted by atomic mass is 9.88. The fourth-order valence-electron chi connectivity index (χ4n) is 3.71. The summed E-state index contributed by atoms with van der Waals surface area (Å²) in [6, 6.07) is 10.7. The topological polar surface area (TPSA) is 40.2 Å². The Labute approximate surface area is 148 Å². The molecule has 0 aromatic heterocycles. The van der Waals surface area contributed by atoms with Gasteiger partial charge < -0.3 is 18.9 Å². The van der Waals surface area contributed by atoms with Crippen molar-refractivity contribution in [3.05, 3.63) is 47.0 Å². The number of ether oxygens (including phenoxy) is 4. The van der Waals surface area contributed by atoms with Gasteiger partial charge in [0.1, 0.15) is 0 Å². The third-order valence-corrected chi connectivity index (χ3v) is 5.14. The number of fused-ring (bicyclic) bond motifs is 2. The zero-order valence-corrected chi connectivity index (χ0v) is 14.9. The molecule has 0 saturated carbocycles. The Kier molecular flexibility index (Phi) is 4.17. The van der Waals surface area contributed by atoms with Gasteiger partial charge in [0.25, 0.3) is 0 Å². The first-order chi connectivity index (χ1) is 12.2. The van der Waals surface area contributed by atoms with Crippen LogP contribution in [0.4, 0.5) is 0 Å². The molecule has 2 heterocycles. The van der Waals surface area contributed by atoms with Gasteiger partial charge in [0, 0.05) is 12.6 Å². The number of methoxy groups -OCH3 is 2. The highest BCUT2D eigenvalue weighted by molar-refractivity contribution is 5.50. The summed E-state index contributed by atoms with van der Waals surface area (Å²) in [4.78, 5) is 2.40. The SMILES string of the molecule is COc1cc2c(cc1OC)[C@H](Cc1ccc3c(c1)OCO3)N(C)CC2. The van der Waals surface area contributed by atoms with E-state index in [0.717, 1.165) is 42.4 Å². The Morgan fingerprint density at radius 2 is 1.80 bits per heavy atom. The second-order valence-corrected chi connectivity index (χ2v) is 6.54. The van der Waals surface area contributed by atoms with Crippen LogP contribution in [-0.4, -0.2) is 39.5 Å². The zero-order chi connectivity index (χ0) is 17.4. The summed E-state index contributed by atoms with van der Waals surface area (Å²) in [5, 5.41) is 0. The molecule has 132 valence electrons. The highest BCUT2D eigenvalue weighted by atomic mass is 16.7. The third kappa shape index (κ3) is 2.89. The van der Waals surface area contributed by atoms with Crippen LogP contribution in [-0.2, 0) is 12.8 Å². The molecule has 2 aromatic rings. The van der Waals surface area contributed by atoms with E-state index in [0.29, 0.717) is 12.8 Å². The Balaban J connectivity index is 1.68. The van der Waals surface area contributed by atoms with Crippen LogP contribution in [0.15, 0.2) is 30.3 Å². The molecule has 2 aliphatic heterocycles. The zero-order valence-electron chi connectivity index (χ0n) is 14.9. The molecule has 1 atom stereocenters. The highest BCUT2D eigenvalue weighted by Gasteiger charge is 2.27. The lowest BCUT2D eigenvalue weighted by molar-refractivity contribution is 0.174. The number of hydrogen-bond donors (Lipinski definition) is 0. The minimum Gasteiger partial charge on any atom is -0.493 e. The van der Waals surface area contributed by atoms with Crippen molar-refractivity contribution in [1.82, 2.24) is 4.90 Å². The molecule has 0 saturated heterocycles. The maximum Gasteiger partial charge on any atom is 0.231 e. The molecule has 2 aromatic carbocycles. The van der Waals surface area contributed by atoms with Crippen LogP contribution in [0, 0.1) is 0 Å². The van der Waals surface area contributed by atoms with Gasteiger partial charge in [-0.1, -0.05) is 6.07 Å². The molecular weight excluding hydrogens is 318 g/mol. The van der Waals surface area contributed by atoms with Gasteiger partial charge >= 0.3 is 0 Å². The number of rotatable bonds is 4. The van der Waals surface area contributed by atoms with Gasteiger partial charge in [-0.3, -0.25) is 4.90 Å². The van der Waals surface area contributed by atoms with Gasteiger partial charge in [0.2, 0.25) is 6.79 Å². The fourth-order valence-corrected chi connectivity index (χ4v) is 3.71. The Hall–Kier alpha value is -2.40. The predicted octanol–water partition coefficient (Wildman–Crippen LogP) is 3.20. The first kappa shape index (κ1) is 16.1. The van der Waals surface area contributed by atoms with Crippen LogP contribution in [0.2, 0.25) is 0 Å². The van der Waals surface area contributed by atoms with E-state index in [1.807, 2.05) is 6.07 Å². The van der Waals surface area contributed by atoms with Crippen molar-refractivity contribution in [3.63, 3.8) is 0 Å². The number of hydrogen-bond acceptors (Lipinski definition) is 5. The van der Waals surface area contributed by atoms with E-state index >= 15 is 0 Å². The van der Waals surface area contributed by atoms with Crippen LogP contribution in [0.1, 0.15) is 22.7 Å². The summed E-state index contributed by atoms with van der Waals surface area (Å²) < 4.78 is 21.9. The van der Waals surface area contributed by atoms with E-state index in [1.54, 1.807) is 14.2 Å². The molecule has 5 nitrogen and oxygen atoms in total. The summed E-state index contributed by atoms with van der Waals surface area (Å²) >= 11 is 0. The van der Waals surface area contributed by atoms with Crippen LogP contribution in [0.5, 0.6) is 23.0 Å². The Morgan fingerprint density at radius 1 is 1.04 bits per heavy atom. The van der Waals surface area contributed by atoms with E-state index in [4.69, 9.17) is 18.9 Å². The molecule has 0 amide bonds. The van der Waals surface area contributed by atoms with Crippen LogP contribution < -0.4 is 18.9 Å². The second-order valence-electron chi connectivity index (χ2n) is 6.54. The molecule has 0 aliphatic carbocycles. The van der Waals surface area contributed by atoms with Gasteiger partial charge in [-0.05, 0) is 60.8 Å². The molecule has 0 fully saturated rings. The van der Waals surface area contributed by atoms with Crippen molar-refractivity contribution >= 4 is 0 Å². The quantitative estimate of drug-likeness (QED) is 0.854. The van der Waals surface area contributed by atoms with Gasteiger partial charge in [-0.25, -0.2) is 0 Å². The van der Waals surface area contributed by atoms with E-state index in [1.165, 1.54) is 16.7 Å². The molecule has 0 radical (unpaired) electrons. The average Bonchev–Trinajstić information content (AvgIpc) is 3.10. The predicted molar refractivity (Wildman–Crippen MR) is 94.9 cm³/mol. The molecular formula is C20H23NO4. The Bertz CT molecular complexity index is 790. The summed E-state index contributed by atoms with van der Waals surface area (Å²) in [7, 11) is 5.55. The third-order valence-electron chi connectivity index (χ3n) is 5.14. The van der Waals surface area contributed by atoms with Gasteiger partial charge in [-0.2, -0.15) is 0 Å². The summed E-state index contributed by atoms with van der Waals surface area (Å²) in [6.07, 6.45) is 1.93. The van der Waals surface area contributed by atoms with Crippen molar-refractivity contribution in [2.75, 3.05) is 34.6 Å². The van der Waals surface area contributed by atoms with Crippen molar-refractivity contribution in [1.29, 1.82) is 0 Å². The monoisotopic (exact) mass is 341 g/mol. The molecule has 0 spiro atoms. The minimum absolute atomic E-state index is 0.295. The van der Waals surface area contributed by atoms with E-state index in [9.17, 15) is 0 Å². The standard InChI is InChI=1S/C20H23NO4/c1-21-7-6-14-10-18(22-2)19(23-3)11-15(14)16(21)8-13-4-5-17-20(9-13)25-12-24-17/h4-5,9-11,16H,6-8,12H2,1-3H3/t16-/m0/s1. The smallest absolute Gasteiger partial charge is 0.231 e. The lowest BCUT2D eigenvalue weighted by Crippen LogP contribution is -2.33. The van der Waals surface area contributed by atoms with Gasteiger partial charge in [-0.15, -0.1) is 0 Å². The maximum atomic E-state index is 5.52. The molecule has 0 unspecified atom stereocenters. The molecule has 5 heteroatoms. The number of likely N-dealkylation sites (N-methyl/N-ethyl adjacent to an activating group) is 1. The molecule has 4 rings (SSSR count). The van der Waals surface area contributed by atoms with Crippen LogP contribution in [0.3, 0.4) is 0 Å². The first-order valence-electron chi connectivity index (χ1n) is 8.53. The van der Waals surface area contributed by atoms with Crippen LogP contribution in [0.25, 0.3) is 0 Å². The van der Waals surface area contributed by atoms with E-state index in [-0.39, 0.29) is 0 Å². The summed E-state index contributed by atoms with van der Waals surface area (Å²) in [5.74, 6) is 3.25. The number of nitrogens with zero attached hydrogens (tertiary/aromatic N) is 1. The van der Waals surface area contributed by atoms with E-state index < -0.39 is 0 Å². The van der Waals surface area contributed by atoms with Crippen molar-refractivity contribution < 1.29 is 18.9 Å². The first-order valence-corrected chi connectivity index (χ1v) is 8.53. The normalized spacial score (nSPS) is 18.8. The highest BCUT2D eigenvalue weighted by Crippen LogP contribution is 2.40. The van der Waals surface area contributed by atoms with Crippen molar-refractivity contribution in [2.24, 2.45) is 0 Å². The lowest BCUT2D eigenvalue weighted by Gasteiger charge is -2.35. The molecule has 0 bridgehead atoms. The van der Waals surface area contributed by atoms with Crippen LogP contribution >= 0.6 is 0 Å². The fraction of sp³-hybridized carbons (Fsp3) is 0.400. The van der Waals surface area contributed by atoms with Crippen molar-refractivity contribution in [2.45, 2.75) is 18.9 Å². The molecule has 0 N–H and O–H groups in total. The minimum atomic E-state index is 0.295. The van der Waals surface area contributed by atoms with E-state index in [2.05, 4.69) is 36.2 Å². The molecule has 25 heavy (non-hydrogen) atoms. The van der Waals surface area contributed by atoms with Gasteiger partial charge in [0.15, 0.2) is 23.0 Å². The average molecular weight is 341 g/mol. The molecule has 2 aliphatic rings. The van der Waals surface area contributed by atoms with Crippen molar-refractivity contribution in [3.8, 4) is 23.0 Å². The second kappa shape index (κ2) is 6.48. The number of benzene rings is 2.